The summed E-state index contributed by atoms with van der Waals surface area (Å²) in [6, 6.07) is 6.02. The van der Waals surface area contributed by atoms with Crippen LogP contribution in [0.5, 0.6) is 0 Å². The van der Waals surface area contributed by atoms with Crippen molar-refractivity contribution in [2.45, 2.75) is 20.0 Å². The van der Waals surface area contributed by atoms with Crippen LogP contribution >= 0.6 is 15.9 Å². The summed E-state index contributed by atoms with van der Waals surface area (Å²) >= 11 is 3.50. The van der Waals surface area contributed by atoms with E-state index >= 15 is 0 Å². The number of pyridine rings is 1. The third kappa shape index (κ3) is 3.41. The maximum atomic E-state index is 6.11. The molecule has 1 heterocycles. The lowest BCUT2D eigenvalue weighted by molar-refractivity contribution is 0.0846. The zero-order valence-electron chi connectivity index (χ0n) is 12.1. The molecule has 0 aliphatic heterocycles. The van der Waals surface area contributed by atoms with Crippen molar-refractivity contribution in [1.82, 2.24) is 4.98 Å². The van der Waals surface area contributed by atoms with Gasteiger partial charge in [-0.25, -0.2) is 0 Å². The Morgan fingerprint density at radius 3 is 2.85 bits per heavy atom. The highest BCUT2D eigenvalue weighted by Gasteiger charge is 2.12. The quantitative estimate of drug-likeness (QED) is 0.907. The summed E-state index contributed by atoms with van der Waals surface area (Å²) < 4.78 is 6.62. The van der Waals surface area contributed by atoms with E-state index in [2.05, 4.69) is 25.8 Å². The van der Waals surface area contributed by atoms with Crippen LogP contribution in [0.25, 0.3) is 10.9 Å². The van der Waals surface area contributed by atoms with Crippen molar-refractivity contribution in [2.75, 3.05) is 30.8 Å². The fraction of sp³-hybridized carbons (Fsp3) is 0.400. The monoisotopic (exact) mass is 337 g/mol. The molecule has 0 aliphatic rings. The van der Waals surface area contributed by atoms with E-state index in [4.69, 9.17) is 10.5 Å². The standard InChI is InChI=1S/C15H20BrN3O/c1-10(2)20-7-6-19(3)15-12-8-11(16)4-5-14(12)18-9-13(15)17/h4-5,8-10H,6-7,17H2,1-3H3. The molecule has 2 aromatic rings. The van der Waals surface area contributed by atoms with Gasteiger partial charge in [0.2, 0.25) is 0 Å². The Bertz CT molecular complexity index is 596. The van der Waals surface area contributed by atoms with Gasteiger partial charge in [-0.3, -0.25) is 4.98 Å². The average Bonchev–Trinajstić information content (AvgIpc) is 2.37. The molecule has 1 aromatic heterocycles. The number of rotatable bonds is 5. The fourth-order valence-corrected chi connectivity index (χ4v) is 2.49. The lowest BCUT2D eigenvalue weighted by Crippen LogP contribution is -2.25. The summed E-state index contributed by atoms with van der Waals surface area (Å²) in [5.41, 5.74) is 8.73. The molecule has 2 N–H and O–H groups in total. The summed E-state index contributed by atoms with van der Waals surface area (Å²) in [7, 11) is 2.02. The second-order valence-electron chi connectivity index (χ2n) is 5.06. The molecular formula is C15H20BrN3O. The zero-order chi connectivity index (χ0) is 14.7. The van der Waals surface area contributed by atoms with Crippen LogP contribution in [0.15, 0.2) is 28.9 Å². The van der Waals surface area contributed by atoms with E-state index in [1.54, 1.807) is 6.20 Å². The number of benzene rings is 1. The van der Waals surface area contributed by atoms with Crippen molar-refractivity contribution in [3.05, 3.63) is 28.9 Å². The highest BCUT2D eigenvalue weighted by molar-refractivity contribution is 9.10. The Kier molecular flexibility index (Phi) is 4.83. The zero-order valence-corrected chi connectivity index (χ0v) is 13.6. The third-order valence-electron chi connectivity index (χ3n) is 3.09. The Morgan fingerprint density at radius 2 is 2.15 bits per heavy atom. The first-order valence-electron chi connectivity index (χ1n) is 6.65. The van der Waals surface area contributed by atoms with E-state index in [1.807, 2.05) is 39.1 Å². The van der Waals surface area contributed by atoms with Crippen LogP contribution in [0.3, 0.4) is 0 Å². The minimum absolute atomic E-state index is 0.240. The van der Waals surface area contributed by atoms with Crippen molar-refractivity contribution in [3.8, 4) is 0 Å². The molecule has 2 rings (SSSR count). The number of nitrogens with two attached hydrogens (primary N) is 1. The van der Waals surface area contributed by atoms with Gasteiger partial charge in [-0.05, 0) is 32.0 Å². The van der Waals surface area contributed by atoms with Gasteiger partial charge in [-0.1, -0.05) is 15.9 Å². The van der Waals surface area contributed by atoms with Crippen LogP contribution < -0.4 is 10.6 Å². The molecule has 0 saturated carbocycles. The van der Waals surface area contributed by atoms with Crippen molar-refractivity contribution in [3.63, 3.8) is 0 Å². The fourth-order valence-electron chi connectivity index (χ4n) is 2.13. The first kappa shape index (κ1) is 15.1. The van der Waals surface area contributed by atoms with Crippen molar-refractivity contribution < 1.29 is 4.74 Å². The van der Waals surface area contributed by atoms with E-state index in [9.17, 15) is 0 Å². The SMILES string of the molecule is CC(C)OCCN(C)c1c(N)cnc2ccc(Br)cc12. The maximum Gasteiger partial charge on any atom is 0.0745 e. The van der Waals surface area contributed by atoms with Crippen LogP contribution in [0.2, 0.25) is 0 Å². The number of nitrogens with zero attached hydrogens (tertiary/aromatic N) is 2. The molecule has 0 unspecified atom stereocenters. The summed E-state index contributed by atoms with van der Waals surface area (Å²) in [4.78, 5) is 6.49. The largest absolute Gasteiger partial charge is 0.396 e. The van der Waals surface area contributed by atoms with E-state index in [0.29, 0.717) is 12.3 Å². The highest BCUT2D eigenvalue weighted by Crippen LogP contribution is 2.32. The summed E-state index contributed by atoms with van der Waals surface area (Å²) in [6.45, 7) is 5.53. The van der Waals surface area contributed by atoms with Gasteiger partial charge in [-0.15, -0.1) is 0 Å². The van der Waals surface area contributed by atoms with Gasteiger partial charge < -0.3 is 15.4 Å². The molecule has 20 heavy (non-hydrogen) atoms. The van der Waals surface area contributed by atoms with Crippen LogP contribution in [0, 0.1) is 0 Å². The van der Waals surface area contributed by atoms with Gasteiger partial charge in [0.15, 0.2) is 0 Å². The van der Waals surface area contributed by atoms with Crippen LogP contribution in [-0.2, 0) is 4.74 Å². The van der Waals surface area contributed by atoms with Gasteiger partial charge in [0.25, 0.3) is 0 Å². The number of halogens is 1. The van der Waals surface area contributed by atoms with Crippen LogP contribution in [0.4, 0.5) is 11.4 Å². The van der Waals surface area contributed by atoms with Crippen molar-refractivity contribution >= 4 is 38.2 Å². The molecule has 0 atom stereocenters. The molecule has 0 saturated heterocycles. The highest BCUT2D eigenvalue weighted by atomic mass is 79.9. The number of likely N-dealkylation sites (N-methyl/N-ethyl adjacent to an activating group) is 1. The van der Waals surface area contributed by atoms with Crippen LogP contribution in [-0.4, -0.2) is 31.3 Å². The molecular weight excluding hydrogens is 318 g/mol. The molecule has 5 heteroatoms. The van der Waals surface area contributed by atoms with Crippen molar-refractivity contribution in [2.24, 2.45) is 0 Å². The van der Waals surface area contributed by atoms with E-state index in [0.717, 1.165) is 27.6 Å². The Hall–Kier alpha value is -1.33. The number of hydrogen-bond donors (Lipinski definition) is 1. The first-order chi connectivity index (χ1) is 9.49. The average molecular weight is 338 g/mol. The number of aromatic nitrogens is 1. The molecule has 0 bridgehead atoms. The van der Waals surface area contributed by atoms with E-state index < -0.39 is 0 Å². The van der Waals surface area contributed by atoms with Gasteiger partial charge in [0, 0.05) is 23.5 Å². The van der Waals surface area contributed by atoms with Gasteiger partial charge >= 0.3 is 0 Å². The topological polar surface area (TPSA) is 51.4 Å². The molecule has 1 aromatic carbocycles. The Labute approximate surface area is 128 Å². The number of anilines is 2. The normalized spacial score (nSPS) is 11.2. The molecule has 0 spiro atoms. The minimum atomic E-state index is 0.240. The lowest BCUT2D eigenvalue weighted by atomic mass is 10.1. The molecule has 0 aliphatic carbocycles. The van der Waals surface area contributed by atoms with Crippen molar-refractivity contribution in [1.29, 1.82) is 0 Å². The first-order valence-corrected chi connectivity index (χ1v) is 7.45. The molecule has 4 nitrogen and oxygen atoms in total. The number of ether oxygens (including phenoxy) is 1. The van der Waals surface area contributed by atoms with Gasteiger partial charge in [-0.2, -0.15) is 0 Å². The number of nitrogen functional groups attached to an aromatic ring is 1. The second-order valence-corrected chi connectivity index (χ2v) is 5.98. The molecule has 108 valence electrons. The third-order valence-corrected chi connectivity index (χ3v) is 3.58. The smallest absolute Gasteiger partial charge is 0.0745 e. The number of hydrogen-bond acceptors (Lipinski definition) is 4. The Balaban J connectivity index is 2.31. The van der Waals surface area contributed by atoms with Crippen LogP contribution in [0.1, 0.15) is 13.8 Å². The molecule has 0 radical (unpaired) electrons. The van der Waals surface area contributed by atoms with E-state index in [-0.39, 0.29) is 6.10 Å². The van der Waals surface area contributed by atoms with Gasteiger partial charge in [0.1, 0.15) is 0 Å². The maximum absolute atomic E-state index is 6.11. The van der Waals surface area contributed by atoms with Gasteiger partial charge in [0.05, 0.1) is 35.8 Å². The summed E-state index contributed by atoms with van der Waals surface area (Å²) in [5.74, 6) is 0. The predicted molar refractivity (Wildman–Crippen MR) is 88.2 cm³/mol. The summed E-state index contributed by atoms with van der Waals surface area (Å²) in [5, 5.41) is 1.05. The molecule has 0 amide bonds. The van der Waals surface area contributed by atoms with E-state index in [1.165, 1.54) is 0 Å². The second kappa shape index (κ2) is 6.41. The minimum Gasteiger partial charge on any atom is -0.396 e. The molecule has 0 fully saturated rings. The predicted octanol–water partition coefficient (Wildman–Crippen LogP) is 3.44. The lowest BCUT2D eigenvalue weighted by Gasteiger charge is -2.23. The number of fused-ring (bicyclic) bond motifs is 1. The Morgan fingerprint density at radius 1 is 1.40 bits per heavy atom. The summed E-state index contributed by atoms with van der Waals surface area (Å²) in [6.07, 6.45) is 1.95.